The van der Waals surface area contributed by atoms with Crippen molar-refractivity contribution in [3.8, 4) is 0 Å². The topological polar surface area (TPSA) is 0 Å². The molecule has 0 spiro atoms. The Morgan fingerprint density at radius 1 is 1.50 bits per heavy atom. The number of hydrogen-bond donors (Lipinski definition) is 0. The lowest BCUT2D eigenvalue weighted by molar-refractivity contribution is 0.750. The highest BCUT2D eigenvalue weighted by Gasteiger charge is 2.53. The van der Waals surface area contributed by atoms with Crippen molar-refractivity contribution in [1.82, 2.24) is 0 Å². The van der Waals surface area contributed by atoms with Gasteiger partial charge in [0.15, 0.2) is 0 Å². The van der Waals surface area contributed by atoms with Crippen LogP contribution in [0.4, 0.5) is 0 Å². The molecule has 0 heterocycles. The average Bonchev–Trinajstić information content (AvgIpc) is 1.99. The van der Waals surface area contributed by atoms with Crippen molar-refractivity contribution >= 4 is 62.4 Å². The van der Waals surface area contributed by atoms with Crippen LogP contribution in [0.1, 0.15) is 13.3 Å². The van der Waals surface area contributed by atoms with E-state index in [2.05, 4.69) is 6.58 Å². The van der Waals surface area contributed by atoms with Gasteiger partial charge in [0.05, 0.1) is 9.87 Å². The van der Waals surface area contributed by atoms with Crippen LogP contribution in [0.5, 0.6) is 0 Å². The highest BCUT2D eigenvalue weighted by molar-refractivity contribution is 7.67. The number of rotatable bonds is 4. The predicted molar refractivity (Wildman–Crippen MR) is 62.0 cm³/mol. The molecule has 0 aliphatic rings. The van der Waals surface area contributed by atoms with Crippen LogP contribution in [0.15, 0.2) is 12.7 Å². The zero-order valence-corrected chi connectivity index (χ0v) is 11.2. The van der Waals surface area contributed by atoms with E-state index in [0.29, 0.717) is 6.42 Å². The van der Waals surface area contributed by atoms with E-state index in [1.165, 1.54) is 6.08 Å². The van der Waals surface area contributed by atoms with E-state index in [-0.39, 0.29) is 0 Å². The van der Waals surface area contributed by atoms with Gasteiger partial charge in [0.1, 0.15) is 0 Å². The summed E-state index contributed by atoms with van der Waals surface area (Å²) in [6, 6.07) is -3.02. The number of allylic oxidation sites excluding steroid dienone is 1. The summed E-state index contributed by atoms with van der Waals surface area (Å²) in [5, 5.41) is -0.511. The summed E-state index contributed by atoms with van der Waals surface area (Å²) in [5.74, 6) is 0. The van der Waals surface area contributed by atoms with Gasteiger partial charge in [-0.25, -0.2) is 0 Å². The summed E-state index contributed by atoms with van der Waals surface area (Å²) >= 11 is 29.5. The van der Waals surface area contributed by atoms with E-state index >= 15 is 0 Å². The fraction of sp³-hybridized carbons (Fsp3) is 0.667. The third-order valence-corrected chi connectivity index (χ3v) is 9.34. The van der Waals surface area contributed by atoms with E-state index < -0.39 is 15.9 Å². The van der Waals surface area contributed by atoms with E-state index in [9.17, 15) is 0 Å². The normalized spacial score (nSPS) is 19.8. The van der Waals surface area contributed by atoms with Crippen molar-refractivity contribution in [2.75, 3.05) is 0 Å². The minimum absolute atomic E-state index is 0.511. The van der Waals surface area contributed by atoms with Gasteiger partial charge in [0.2, 0.25) is 0 Å². The Balaban J connectivity index is 4.79. The molecule has 0 saturated carbocycles. The van der Waals surface area contributed by atoms with Gasteiger partial charge in [-0.3, -0.25) is 0 Å². The molecule has 0 nitrogen and oxygen atoms in total. The molecule has 0 rings (SSSR count). The maximum absolute atomic E-state index is 6.11. The lowest BCUT2D eigenvalue weighted by Gasteiger charge is -2.33. The van der Waals surface area contributed by atoms with Crippen molar-refractivity contribution in [1.29, 1.82) is 0 Å². The van der Waals surface area contributed by atoms with Gasteiger partial charge in [0.25, 0.3) is 0 Å². The Morgan fingerprint density at radius 3 is 2.00 bits per heavy atom. The first-order valence-corrected chi connectivity index (χ1v) is 9.17. The van der Waals surface area contributed by atoms with E-state index in [1.807, 2.05) is 6.92 Å². The summed E-state index contributed by atoms with van der Waals surface area (Å²) in [7, 11) is 0. The molecule has 0 amide bonds. The van der Waals surface area contributed by atoms with Crippen molar-refractivity contribution in [3.05, 3.63) is 12.7 Å². The minimum Gasteiger partial charge on any atom is -0.124 e. The van der Waals surface area contributed by atoms with Crippen LogP contribution in [-0.4, -0.2) is 15.9 Å². The van der Waals surface area contributed by atoms with Crippen LogP contribution >= 0.6 is 56.4 Å². The second kappa shape index (κ2) is 4.76. The smallest absolute Gasteiger partial charge is 0.124 e. The van der Waals surface area contributed by atoms with Crippen LogP contribution in [0.3, 0.4) is 0 Å². The molecule has 0 N–H and O–H groups in total. The second-order valence-corrected chi connectivity index (χ2v) is 12.5. The largest absolute Gasteiger partial charge is 0.363 e. The Morgan fingerprint density at radius 2 is 1.92 bits per heavy atom. The van der Waals surface area contributed by atoms with Crippen molar-refractivity contribution in [2.45, 2.75) is 23.2 Å². The molecule has 72 valence electrons. The first-order chi connectivity index (χ1) is 5.29. The Hall–Kier alpha value is 1.41. The van der Waals surface area contributed by atoms with Gasteiger partial charge < -0.3 is 0 Å². The zero-order chi connectivity index (χ0) is 9.99. The molecule has 0 saturated heterocycles. The second-order valence-electron chi connectivity index (χ2n) is 2.35. The van der Waals surface area contributed by atoms with Gasteiger partial charge in [0, 0.05) is 0 Å². The van der Waals surface area contributed by atoms with Crippen molar-refractivity contribution in [2.24, 2.45) is 0 Å². The van der Waals surface area contributed by atoms with E-state index in [1.54, 1.807) is 0 Å². The molecule has 0 aromatic heterocycles. The van der Waals surface area contributed by atoms with Gasteiger partial charge in [-0.15, -0.1) is 63.0 Å². The SMILES string of the molecule is C=CC(Cl)C(Cl)(CC)[Si](Cl)(Cl)Cl. The van der Waals surface area contributed by atoms with Crippen LogP contribution < -0.4 is 0 Å². The molecular weight excluding hydrogens is 277 g/mol. The minimum atomic E-state index is -3.02. The quantitative estimate of drug-likeness (QED) is 0.312. The number of alkyl halides is 2. The van der Waals surface area contributed by atoms with Gasteiger partial charge >= 0.3 is 6.00 Å². The molecule has 2 atom stereocenters. The summed E-state index contributed by atoms with van der Waals surface area (Å²) in [4.78, 5) is 0. The Kier molecular flexibility index (Phi) is 5.32. The maximum atomic E-state index is 6.11. The predicted octanol–water partition coefficient (Wildman–Crippen LogP) is 4.36. The Bertz CT molecular complexity index is 166. The molecule has 6 heteroatoms. The monoisotopic (exact) mass is 284 g/mol. The molecule has 0 bridgehead atoms. The third kappa shape index (κ3) is 2.70. The van der Waals surface area contributed by atoms with E-state index in [0.717, 1.165) is 0 Å². The number of halogens is 5. The third-order valence-electron chi connectivity index (χ3n) is 1.63. The molecular formula is C6H9Cl5Si. The van der Waals surface area contributed by atoms with Gasteiger partial charge in [-0.1, -0.05) is 13.0 Å². The lowest BCUT2D eigenvalue weighted by Crippen LogP contribution is -2.48. The molecule has 2 unspecified atom stereocenters. The molecule has 0 aliphatic carbocycles. The summed E-state index contributed by atoms with van der Waals surface area (Å²) in [6.07, 6.45) is 2.00. The van der Waals surface area contributed by atoms with Crippen LogP contribution in [0.25, 0.3) is 0 Å². The molecule has 0 aromatic rings. The van der Waals surface area contributed by atoms with Gasteiger partial charge in [-0.2, -0.15) is 0 Å². The van der Waals surface area contributed by atoms with Crippen LogP contribution in [-0.2, 0) is 0 Å². The fourth-order valence-electron chi connectivity index (χ4n) is 0.739. The summed E-state index contributed by atoms with van der Waals surface area (Å²) in [5.41, 5.74) is 0. The lowest BCUT2D eigenvalue weighted by atomic mass is 10.2. The standard InChI is InChI=1S/C6H9Cl5Si/c1-3-5(7)6(8,4-2)12(9,10)11/h3,5H,1,4H2,2H3. The highest BCUT2D eigenvalue weighted by Crippen LogP contribution is 2.45. The highest BCUT2D eigenvalue weighted by atomic mass is 35.8. The molecule has 12 heavy (non-hydrogen) atoms. The summed E-state index contributed by atoms with van der Waals surface area (Å²) < 4.78 is -0.957. The first kappa shape index (κ1) is 13.4. The van der Waals surface area contributed by atoms with Crippen molar-refractivity contribution < 1.29 is 0 Å². The number of hydrogen-bond acceptors (Lipinski definition) is 0. The van der Waals surface area contributed by atoms with Crippen molar-refractivity contribution in [3.63, 3.8) is 0 Å². The van der Waals surface area contributed by atoms with Crippen LogP contribution in [0.2, 0.25) is 0 Å². The zero-order valence-electron chi connectivity index (χ0n) is 6.46. The van der Waals surface area contributed by atoms with Gasteiger partial charge in [-0.05, 0) is 6.42 Å². The molecule has 0 aliphatic heterocycles. The van der Waals surface area contributed by atoms with Crippen LogP contribution in [0, 0.1) is 0 Å². The maximum Gasteiger partial charge on any atom is 0.363 e. The Labute approximate surface area is 97.9 Å². The average molecular weight is 286 g/mol. The molecule has 0 fully saturated rings. The summed E-state index contributed by atoms with van der Waals surface area (Å²) in [6.45, 7) is 5.35. The van der Waals surface area contributed by atoms with E-state index in [4.69, 9.17) is 56.4 Å². The molecule has 0 radical (unpaired) electrons. The fourth-order valence-corrected chi connectivity index (χ4v) is 5.07. The first-order valence-electron chi connectivity index (χ1n) is 3.32. The molecule has 0 aromatic carbocycles.